The lowest BCUT2D eigenvalue weighted by molar-refractivity contribution is 0.0526. The fourth-order valence-electron chi connectivity index (χ4n) is 3.66. The molecule has 0 saturated carbocycles. The lowest BCUT2D eigenvalue weighted by atomic mass is 10.1. The Morgan fingerprint density at radius 2 is 1.94 bits per heavy atom. The predicted molar refractivity (Wildman–Crippen MR) is 119 cm³/mol. The van der Waals surface area contributed by atoms with Gasteiger partial charge in [0.2, 0.25) is 0 Å². The number of nitrogens with one attached hydrogen (secondary N) is 1. The Labute approximate surface area is 185 Å². The largest absolute Gasteiger partial charge is 0.497 e. The molecular formula is C24H23N3O5. The minimum Gasteiger partial charge on any atom is -0.497 e. The van der Waals surface area contributed by atoms with Gasteiger partial charge in [-0.05, 0) is 49.4 Å². The second-order valence-electron chi connectivity index (χ2n) is 7.00. The van der Waals surface area contributed by atoms with Gasteiger partial charge in [0.05, 0.1) is 43.3 Å². The quantitative estimate of drug-likeness (QED) is 0.562. The van der Waals surface area contributed by atoms with E-state index in [0.29, 0.717) is 39.7 Å². The zero-order valence-corrected chi connectivity index (χ0v) is 18.0. The predicted octanol–water partition coefficient (Wildman–Crippen LogP) is 4.05. The number of nitrogens with zero attached hydrogens (tertiary/aromatic N) is 2. The maximum Gasteiger partial charge on any atom is 0.338 e. The number of fused-ring (bicyclic) bond motifs is 1. The fourth-order valence-corrected chi connectivity index (χ4v) is 3.66. The molecule has 1 aliphatic rings. The lowest BCUT2D eigenvalue weighted by Crippen LogP contribution is -2.32. The zero-order valence-electron chi connectivity index (χ0n) is 18.0. The van der Waals surface area contributed by atoms with E-state index in [1.165, 1.54) is 0 Å². The van der Waals surface area contributed by atoms with Gasteiger partial charge in [-0.3, -0.25) is 14.7 Å². The zero-order chi connectivity index (χ0) is 22.7. The van der Waals surface area contributed by atoms with Crippen LogP contribution in [0.15, 0.2) is 60.8 Å². The Morgan fingerprint density at radius 3 is 2.69 bits per heavy atom. The Morgan fingerprint density at radius 1 is 1.09 bits per heavy atom. The molecule has 0 bridgehead atoms. The molecule has 8 nitrogen and oxygen atoms in total. The molecule has 1 N–H and O–H groups in total. The van der Waals surface area contributed by atoms with E-state index in [4.69, 9.17) is 14.2 Å². The van der Waals surface area contributed by atoms with Gasteiger partial charge in [0.15, 0.2) is 6.17 Å². The molecule has 0 radical (unpaired) electrons. The number of hydrogen-bond acceptors (Lipinski definition) is 7. The first kappa shape index (κ1) is 21.2. The monoisotopic (exact) mass is 433 g/mol. The van der Waals surface area contributed by atoms with Crippen LogP contribution in [0.4, 0.5) is 11.4 Å². The molecule has 0 spiro atoms. The van der Waals surface area contributed by atoms with Gasteiger partial charge in [-0.1, -0.05) is 6.07 Å². The molecule has 8 heteroatoms. The summed E-state index contributed by atoms with van der Waals surface area (Å²) in [4.78, 5) is 31.6. The highest BCUT2D eigenvalue weighted by atomic mass is 16.5. The van der Waals surface area contributed by atoms with Crippen molar-refractivity contribution in [1.29, 1.82) is 0 Å². The number of esters is 1. The van der Waals surface area contributed by atoms with Crippen molar-refractivity contribution < 1.29 is 23.8 Å². The molecule has 0 saturated heterocycles. The molecule has 2 heterocycles. The number of methoxy groups -OCH3 is 2. The van der Waals surface area contributed by atoms with Gasteiger partial charge in [-0.2, -0.15) is 0 Å². The number of carbonyl (C=O) groups excluding carboxylic acids is 2. The number of ether oxygens (including phenoxy) is 3. The standard InChI is InChI=1S/C24H23N3O5/c1-4-32-24(29)15-7-5-8-16(13-15)26-22-21-18(9-6-12-25-21)23(28)27(22)19-14-17(30-2)10-11-20(19)31-3/h5-14,22,26H,4H2,1-3H3/t22-/m0/s1. The molecule has 1 aliphatic heterocycles. The van der Waals surface area contributed by atoms with Crippen LogP contribution in [0.2, 0.25) is 0 Å². The van der Waals surface area contributed by atoms with Gasteiger partial charge in [-0.25, -0.2) is 4.79 Å². The van der Waals surface area contributed by atoms with E-state index in [9.17, 15) is 9.59 Å². The highest BCUT2D eigenvalue weighted by Crippen LogP contribution is 2.42. The summed E-state index contributed by atoms with van der Waals surface area (Å²) in [6.07, 6.45) is 1.01. The first-order chi connectivity index (χ1) is 15.6. The Kier molecular flexibility index (Phi) is 5.93. The summed E-state index contributed by atoms with van der Waals surface area (Å²) in [5.74, 6) is 0.460. The molecule has 0 aliphatic carbocycles. The number of rotatable bonds is 7. The first-order valence-electron chi connectivity index (χ1n) is 10.1. The van der Waals surface area contributed by atoms with E-state index in [-0.39, 0.29) is 12.5 Å². The molecule has 164 valence electrons. The maximum absolute atomic E-state index is 13.4. The van der Waals surface area contributed by atoms with Crippen LogP contribution in [0.1, 0.15) is 39.5 Å². The van der Waals surface area contributed by atoms with Crippen molar-refractivity contribution in [2.45, 2.75) is 13.1 Å². The Balaban J connectivity index is 1.78. The van der Waals surface area contributed by atoms with Crippen LogP contribution in [0, 0.1) is 0 Å². The third-order valence-corrected chi connectivity index (χ3v) is 5.13. The molecule has 4 rings (SSSR count). The van der Waals surface area contributed by atoms with Crippen molar-refractivity contribution >= 4 is 23.3 Å². The molecule has 1 amide bonds. The summed E-state index contributed by atoms with van der Waals surface area (Å²) in [6.45, 7) is 2.04. The second-order valence-corrected chi connectivity index (χ2v) is 7.00. The van der Waals surface area contributed by atoms with Crippen molar-refractivity contribution in [3.05, 3.63) is 77.6 Å². The van der Waals surface area contributed by atoms with Crippen LogP contribution in [-0.4, -0.2) is 37.7 Å². The van der Waals surface area contributed by atoms with Crippen LogP contribution in [-0.2, 0) is 4.74 Å². The van der Waals surface area contributed by atoms with E-state index in [1.54, 1.807) is 80.8 Å². The number of hydrogen-bond donors (Lipinski definition) is 1. The third kappa shape index (κ3) is 3.82. The van der Waals surface area contributed by atoms with Crippen molar-refractivity contribution in [3.63, 3.8) is 0 Å². The van der Waals surface area contributed by atoms with Crippen LogP contribution in [0.3, 0.4) is 0 Å². The number of aromatic nitrogens is 1. The minimum absolute atomic E-state index is 0.223. The minimum atomic E-state index is -0.628. The number of benzene rings is 2. The molecule has 0 unspecified atom stereocenters. The summed E-state index contributed by atoms with van der Waals surface area (Å²) < 4.78 is 16.0. The summed E-state index contributed by atoms with van der Waals surface area (Å²) in [5, 5.41) is 3.34. The number of anilines is 2. The summed E-state index contributed by atoms with van der Waals surface area (Å²) >= 11 is 0. The molecule has 1 aromatic heterocycles. The average molecular weight is 433 g/mol. The van der Waals surface area contributed by atoms with Crippen molar-refractivity contribution in [2.24, 2.45) is 0 Å². The Hall–Kier alpha value is -4.07. The van der Waals surface area contributed by atoms with Crippen LogP contribution < -0.4 is 19.7 Å². The molecule has 0 fully saturated rings. The molecule has 2 aromatic carbocycles. The van der Waals surface area contributed by atoms with Gasteiger partial charge in [-0.15, -0.1) is 0 Å². The summed E-state index contributed by atoms with van der Waals surface area (Å²) in [7, 11) is 3.10. The Bertz CT molecular complexity index is 1160. The second kappa shape index (κ2) is 8.97. The van der Waals surface area contributed by atoms with Gasteiger partial charge in [0.25, 0.3) is 5.91 Å². The molecule has 1 atom stereocenters. The highest BCUT2D eigenvalue weighted by Gasteiger charge is 2.40. The average Bonchev–Trinajstić information content (AvgIpc) is 3.10. The number of amides is 1. The summed E-state index contributed by atoms with van der Waals surface area (Å²) in [6, 6.07) is 15.6. The smallest absolute Gasteiger partial charge is 0.338 e. The van der Waals surface area contributed by atoms with Crippen LogP contribution >= 0.6 is 0 Å². The topological polar surface area (TPSA) is 90.0 Å². The highest BCUT2D eigenvalue weighted by molar-refractivity contribution is 6.11. The lowest BCUT2D eigenvalue weighted by Gasteiger charge is -2.28. The van der Waals surface area contributed by atoms with Gasteiger partial charge < -0.3 is 19.5 Å². The van der Waals surface area contributed by atoms with Gasteiger partial charge in [0, 0.05) is 18.0 Å². The molecule has 32 heavy (non-hydrogen) atoms. The van der Waals surface area contributed by atoms with Crippen molar-refractivity contribution in [2.75, 3.05) is 31.0 Å². The maximum atomic E-state index is 13.4. The SMILES string of the molecule is CCOC(=O)c1cccc(N[C@@H]2c3ncccc3C(=O)N2c2cc(OC)ccc2OC)c1. The normalized spacial score (nSPS) is 14.7. The number of pyridine rings is 1. The first-order valence-corrected chi connectivity index (χ1v) is 10.1. The van der Waals surface area contributed by atoms with E-state index >= 15 is 0 Å². The fraction of sp³-hybridized carbons (Fsp3) is 0.208. The summed E-state index contributed by atoms with van der Waals surface area (Å²) in [5.41, 5.74) is 2.64. The van der Waals surface area contributed by atoms with E-state index in [2.05, 4.69) is 10.3 Å². The van der Waals surface area contributed by atoms with Crippen LogP contribution in [0.5, 0.6) is 11.5 Å². The van der Waals surface area contributed by atoms with E-state index in [1.807, 2.05) is 6.07 Å². The van der Waals surface area contributed by atoms with E-state index < -0.39 is 12.1 Å². The van der Waals surface area contributed by atoms with E-state index in [0.717, 1.165) is 0 Å². The van der Waals surface area contributed by atoms with Crippen molar-refractivity contribution in [1.82, 2.24) is 4.98 Å². The van der Waals surface area contributed by atoms with Crippen LogP contribution in [0.25, 0.3) is 0 Å². The third-order valence-electron chi connectivity index (χ3n) is 5.13. The van der Waals surface area contributed by atoms with Gasteiger partial charge in [0.1, 0.15) is 11.5 Å². The number of carbonyl (C=O) groups is 2. The van der Waals surface area contributed by atoms with Crippen molar-refractivity contribution in [3.8, 4) is 11.5 Å². The molecule has 3 aromatic rings. The van der Waals surface area contributed by atoms with Gasteiger partial charge >= 0.3 is 5.97 Å². The molecular weight excluding hydrogens is 410 g/mol.